The first-order valence-electron chi connectivity index (χ1n) is 24.2. The number of halogens is 59. The van der Waals surface area contributed by atoms with Crippen molar-refractivity contribution in [3.05, 3.63) is 37.0 Å². The van der Waals surface area contributed by atoms with E-state index in [1.807, 2.05) is 0 Å². The van der Waals surface area contributed by atoms with Crippen LogP contribution in [0, 0.1) is 0 Å². The fraction of sp³-hybridized carbons (Fsp3) is 0.791. The van der Waals surface area contributed by atoms with E-state index >= 15 is 0 Å². The molecule has 65 heteroatoms. The van der Waals surface area contributed by atoms with Crippen LogP contribution >= 0.6 is 0 Å². The highest BCUT2D eigenvalue weighted by atomic mass is 19.5. The van der Waals surface area contributed by atoms with Crippen molar-refractivity contribution < 1.29 is 288 Å². The molecule has 0 aromatic heterocycles. The molecule has 0 amide bonds. The zero-order valence-corrected chi connectivity index (χ0v) is 48.8. The Kier molecular flexibility index (Phi) is 28.6. The molecule has 0 saturated heterocycles. The van der Waals surface area contributed by atoms with Gasteiger partial charge in [-0.2, -0.15) is 259 Å². The van der Waals surface area contributed by atoms with Crippen molar-refractivity contribution in [1.29, 1.82) is 0 Å². The summed E-state index contributed by atoms with van der Waals surface area (Å²) in [5, 5.41) is 0. The summed E-state index contributed by atoms with van der Waals surface area (Å²) < 4.78 is 787. The first kappa shape index (κ1) is 106. The lowest BCUT2D eigenvalue weighted by Gasteiger charge is -2.45. The molecule has 0 radical (unpaired) electrons. The second-order valence-electron chi connectivity index (χ2n) is 19.5. The number of ether oxygens (including phenoxy) is 3. The fourth-order valence-corrected chi connectivity index (χ4v) is 5.88. The number of rotatable bonds is 32. The van der Waals surface area contributed by atoms with Gasteiger partial charge in [-0.25, -0.2) is 14.4 Å². The minimum Gasteiger partial charge on any atom is -0.462 e. The Bertz CT molecular complexity index is 3190. The van der Waals surface area contributed by atoms with E-state index in [1.165, 1.54) is 0 Å². The van der Waals surface area contributed by atoms with Crippen LogP contribution in [0.15, 0.2) is 37.0 Å². The molecule has 0 aliphatic heterocycles. The van der Waals surface area contributed by atoms with Gasteiger partial charge in [-0.05, 0) is 13.8 Å². The number of carbonyl (C=O) groups is 3. The van der Waals surface area contributed by atoms with Gasteiger partial charge < -0.3 is 14.2 Å². The topological polar surface area (TPSA) is 78.9 Å². The van der Waals surface area contributed by atoms with E-state index in [-0.39, 0.29) is 0 Å². The molecule has 0 saturated carbocycles. The molecule has 6 nitrogen and oxygen atoms in total. The van der Waals surface area contributed by atoms with E-state index in [9.17, 15) is 273 Å². The van der Waals surface area contributed by atoms with Crippen LogP contribution < -0.4 is 0 Å². The van der Waals surface area contributed by atoms with Gasteiger partial charge in [0.15, 0.2) is 0 Å². The first-order chi connectivity index (χ1) is 46.0. The van der Waals surface area contributed by atoms with E-state index in [2.05, 4.69) is 20.8 Å². The predicted molar refractivity (Wildman–Crippen MR) is 219 cm³/mol. The summed E-state index contributed by atoms with van der Waals surface area (Å²) in [5.41, 5.74) is -6.66. The summed E-state index contributed by atoms with van der Waals surface area (Å²) >= 11 is 0. The third-order valence-electron chi connectivity index (χ3n) is 12.4. The number of hydrogen-bond acceptors (Lipinski definition) is 6. The van der Waals surface area contributed by atoms with Crippen LogP contribution in [0.2, 0.25) is 0 Å². The van der Waals surface area contributed by atoms with Crippen LogP contribution in [0.5, 0.6) is 0 Å². The fourth-order valence-electron chi connectivity index (χ4n) is 5.88. The van der Waals surface area contributed by atoms with Crippen molar-refractivity contribution in [2.24, 2.45) is 0 Å². The summed E-state index contributed by atoms with van der Waals surface area (Å²) in [7, 11) is 0. The second-order valence-corrected chi connectivity index (χ2v) is 19.5. The molecule has 642 valence electrons. The maximum absolute atomic E-state index is 13.8. The lowest BCUT2D eigenvalue weighted by atomic mass is 9.84. The summed E-state index contributed by atoms with van der Waals surface area (Å²) in [4.78, 5) is 32.5. The minimum absolute atomic E-state index is 0.308. The maximum atomic E-state index is 13.8. The largest absolute Gasteiger partial charge is 0.462 e. The zero-order valence-electron chi connectivity index (χ0n) is 48.8. The summed E-state index contributed by atoms with van der Waals surface area (Å²) in [6.07, 6.45) is -26.0. The molecule has 0 fully saturated rings. The average molecular weight is 1750 g/mol. The molecule has 0 bridgehead atoms. The summed E-state index contributed by atoms with van der Waals surface area (Å²) in [5.74, 6) is -223. The van der Waals surface area contributed by atoms with Gasteiger partial charge in [0, 0.05) is 6.08 Å². The summed E-state index contributed by atoms with van der Waals surface area (Å²) in [6.45, 7) is 3.43. The van der Waals surface area contributed by atoms with E-state index in [1.54, 1.807) is 13.2 Å². The van der Waals surface area contributed by atoms with Crippen LogP contribution in [0.1, 0.15) is 20.3 Å². The Morgan fingerprint density at radius 3 is 0.537 bits per heavy atom. The molecule has 0 spiro atoms. The minimum atomic E-state index is -9.66. The lowest BCUT2D eigenvalue weighted by molar-refractivity contribution is -0.481. The number of alkyl halides is 59. The first-order valence-corrected chi connectivity index (χ1v) is 24.2. The smallest absolute Gasteiger partial charge is 0.460 e. The van der Waals surface area contributed by atoms with E-state index < -0.39 is 222 Å². The van der Waals surface area contributed by atoms with Gasteiger partial charge in [0.2, 0.25) is 0 Å². The average Bonchev–Trinajstić information content (AvgIpc) is 0.687. The lowest BCUT2D eigenvalue weighted by Crippen LogP contribution is -2.78. The molecule has 0 atom stereocenters. The van der Waals surface area contributed by atoms with E-state index in [0.717, 1.165) is 0 Å². The predicted octanol–water partition coefficient (Wildman–Crippen LogP) is 20.9. The normalized spacial score (nSPS) is 15.8. The molecule has 0 rings (SSSR count). The van der Waals surface area contributed by atoms with Gasteiger partial charge in [-0.3, -0.25) is 0 Å². The Labute approximate surface area is 550 Å². The van der Waals surface area contributed by atoms with Crippen molar-refractivity contribution in [2.75, 3.05) is 19.8 Å². The van der Waals surface area contributed by atoms with Gasteiger partial charge >= 0.3 is 185 Å². The third kappa shape index (κ3) is 15.0. The van der Waals surface area contributed by atoms with Crippen LogP contribution in [0.25, 0.3) is 0 Å². The molecule has 0 aromatic rings. The van der Waals surface area contributed by atoms with Gasteiger partial charge in [0.1, 0.15) is 11.1 Å². The molecule has 0 heterocycles. The van der Waals surface area contributed by atoms with E-state index in [0.29, 0.717) is 19.9 Å². The third-order valence-corrected chi connectivity index (χ3v) is 12.4. The van der Waals surface area contributed by atoms with Crippen LogP contribution in [0.3, 0.4) is 0 Å². The quantitative estimate of drug-likeness (QED) is 0.0289. The molecule has 0 N–H and O–H groups in total. The highest BCUT2D eigenvalue weighted by Gasteiger charge is 3.02. The van der Waals surface area contributed by atoms with Crippen molar-refractivity contribution in [3.63, 3.8) is 0 Å². The Balaban J connectivity index is -0.00000158. The molecule has 0 unspecified atom stereocenters. The number of hydrogen-bond donors (Lipinski definition) is 0. The molecule has 108 heavy (non-hydrogen) atoms. The molecular weight excluding hydrogens is 1730 g/mol. The van der Waals surface area contributed by atoms with E-state index in [4.69, 9.17) is 0 Å². The zero-order chi connectivity index (χ0) is 89.5. The van der Waals surface area contributed by atoms with Crippen LogP contribution in [0.4, 0.5) is 259 Å². The Morgan fingerprint density at radius 2 is 0.389 bits per heavy atom. The molecule has 0 aliphatic carbocycles. The maximum Gasteiger partial charge on any atom is 0.460 e. The van der Waals surface area contributed by atoms with Crippen molar-refractivity contribution in [3.8, 4) is 0 Å². The van der Waals surface area contributed by atoms with Gasteiger partial charge in [-0.15, -0.1) is 0 Å². The molecule has 0 aromatic carbocycles. The Hall–Kier alpha value is -6.50. The highest BCUT2D eigenvalue weighted by molar-refractivity contribution is 5.90. The number of esters is 3. The van der Waals surface area contributed by atoms with Gasteiger partial charge in [-0.1, -0.05) is 19.7 Å². The monoisotopic (exact) mass is 1750 g/mol. The second kappa shape index (κ2) is 29.2. The number of carbonyl (C=O) groups excluding carboxylic acids is 3. The van der Waals surface area contributed by atoms with Crippen molar-refractivity contribution >= 4 is 17.9 Å². The SMILES string of the molecule is C=C(C(=O)OCC)C(F)(F)C(F)(F)C(F)(F)C(F)(F)C(F)(F)C(F)(F)C(F)(F)C(F)(F)C(F)(F)C(F)(F)C(F)(F)C(F)(F)F.C=C(C(=O)OCC)C(F)(F)C(F)(F)C(F)(F)C(F)(F)C(F)(F)C(F)(F)C(F)(F)C(F)(F)C(F)(F)C(F)(F)F.C=CC(=O)OCCC(F)(F)C(F)(F)C(F)(F)C(F)(F)C(F)(F)C(F)(F)F. The Morgan fingerprint density at radius 1 is 0.241 bits per heavy atom. The standard InChI is InChI=1S/C17H7F25O2.C15H7F21O2.C11H7F13O2/c1-3-44-5(43)4(2)6(18,19)7(20,21)8(22,23)9(24,25)10(26,27)11(28,29)12(30,31)13(32,33)14(34,35)15(36,37)16(38,39)17(40,41)42;1-3-38-5(37)4(2)6(16,17)7(18,19)8(20,21)9(22,23)10(24,25)11(26,27)12(28,29)13(30,31)14(32,33)15(34,35)36;1-2-5(25)26-4-3-6(12,13)7(14,15)8(16,17)9(18,19)10(20,21)11(22,23)24/h2-3H2,1H3;2-3H2,1H3;2H,1,3-4H2. The van der Waals surface area contributed by atoms with Crippen LogP contribution in [-0.2, 0) is 28.6 Å². The van der Waals surface area contributed by atoms with Gasteiger partial charge in [0.05, 0.1) is 26.2 Å². The molecule has 0 aliphatic rings. The van der Waals surface area contributed by atoms with Crippen molar-refractivity contribution in [1.82, 2.24) is 0 Å². The van der Waals surface area contributed by atoms with Crippen molar-refractivity contribution in [2.45, 2.75) is 187 Å². The summed E-state index contributed by atoms with van der Waals surface area (Å²) in [6, 6.07) is 0. The van der Waals surface area contributed by atoms with Crippen LogP contribution in [-0.4, -0.2) is 204 Å². The highest BCUT2D eigenvalue weighted by Crippen LogP contribution is 2.71. The van der Waals surface area contributed by atoms with Gasteiger partial charge in [0.25, 0.3) is 0 Å². The molecular formula is C43H21F59O6.